The quantitative estimate of drug-likeness (QED) is 0.853. The summed E-state index contributed by atoms with van der Waals surface area (Å²) < 4.78 is 0. The van der Waals surface area contributed by atoms with Gasteiger partial charge in [0.25, 0.3) is 0 Å². The molecule has 1 N–H and O–H groups in total. The normalized spacial score (nSPS) is 31.9. The summed E-state index contributed by atoms with van der Waals surface area (Å²) in [4.78, 5) is 2.79. The van der Waals surface area contributed by atoms with E-state index in [1.54, 1.807) is 0 Å². The minimum Gasteiger partial charge on any atom is -0.313 e. The van der Waals surface area contributed by atoms with Crippen molar-refractivity contribution < 1.29 is 0 Å². The van der Waals surface area contributed by atoms with Crippen LogP contribution in [-0.4, -0.2) is 48.1 Å². The predicted molar refractivity (Wildman–Crippen MR) is 84.9 cm³/mol. The van der Waals surface area contributed by atoms with E-state index in [1.165, 1.54) is 82.5 Å². The highest BCUT2D eigenvalue weighted by Crippen LogP contribution is 2.27. The summed E-state index contributed by atoms with van der Waals surface area (Å²) in [7, 11) is 0. The van der Waals surface area contributed by atoms with E-state index in [-0.39, 0.29) is 0 Å². The van der Waals surface area contributed by atoms with Crippen LogP contribution >= 0.6 is 11.8 Å². The Morgan fingerprint density at radius 2 is 1.74 bits per heavy atom. The maximum atomic E-state index is 3.84. The molecule has 2 heterocycles. The van der Waals surface area contributed by atoms with Gasteiger partial charge in [0.15, 0.2) is 0 Å². The molecule has 2 aliphatic heterocycles. The number of nitrogens with one attached hydrogen (secondary N) is 1. The Morgan fingerprint density at radius 3 is 2.42 bits per heavy atom. The van der Waals surface area contributed by atoms with Crippen molar-refractivity contribution in [2.75, 3.05) is 31.1 Å². The zero-order chi connectivity index (χ0) is 12.9. The van der Waals surface area contributed by atoms with Crippen molar-refractivity contribution in [1.82, 2.24) is 10.2 Å². The van der Waals surface area contributed by atoms with Gasteiger partial charge in [0.05, 0.1) is 0 Å². The molecule has 1 saturated carbocycles. The van der Waals surface area contributed by atoms with E-state index in [0.29, 0.717) is 0 Å². The Kier molecular flexibility index (Phi) is 5.48. The fourth-order valence-electron chi connectivity index (χ4n) is 4.03. The Hall–Kier alpha value is 0.270. The smallest absolute Gasteiger partial charge is 0.0158 e. The molecule has 1 atom stereocenters. The SMILES string of the molecule is C1CCC(N2CCC(CN[C@@H]3CCCSC3)CC2)C1. The summed E-state index contributed by atoms with van der Waals surface area (Å²) in [5.41, 5.74) is 0. The van der Waals surface area contributed by atoms with Gasteiger partial charge in [-0.15, -0.1) is 0 Å². The fourth-order valence-corrected chi connectivity index (χ4v) is 5.13. The summed E-state index contributed by atoms with van der Waals surface area (Å²) in [6.07, 6.45) is 11.6. The van der Waals surface area contributed by atoms with E-state index in [0.717, 1.165) is 18.0 Å². The van der Waals surface area contributed by atoms with Crippen LogP contribution in [0.4, 0.5) is 0 Å². The number of piperidine rings is 1. The standard InChI is InChI=1S/C16H30N2S/c1-2-6-16(5-1)18-9-7-14(8-10-18)12-17-15-4-3-11-19-13-15/h14-17H,1-13H2/t15-/m1/s1. The Bertz CT molecular complexity index is 251. The van der Waals surface area contributed by atoms with Crippen LogP contribution in [0.25, 0.3) is 0 Å². The molecule has 0 aromatic heterocycles. The lowest BCUT2D eigenvalue weighted by molar-refractivity contribution is 0.132. The molecule has 3 aliphatic rings. The molecule has 0 unspecified atom stereocenters. The van der Waals surface area contributed by atoms with Gasteiger partial charge >= 0.3 is 0 Å². The van der Waals surface area contributed by atoms with E-state index in [2.05, 4.69) is 22.0 Å². The molecular weight excluding hydrogens is 252 g/mol. The number of hydrogen-bond acceptors (Lipinski definition) is 3. The maximum absolute atomic E-state index is 3.84. The van der Waals surface area contributed by atoms with Crippen molar-refractivity contribution >= 4 is 11.8 Å². The molecule has 3 fully saturated rings. The fraction of sp³-hybridized carbons (Fsp3) is 1.00. The lowest BCUT2D eigenvalue weighted by atomic mass is 9.95. The summed E-state index contributed by atoms with van der Waals surface area (Å²) in [5, 5.41) is 3.84. The van der Waals surface area contributed by atoms with Crippen LogP contribution < -0.4 is 5.32 Å². The summed E-state index contributed by atoms with van der Waals surface area (Å²) >= 11 is 2.14. The highest BCUT2D eigenvalue weighted by molar-refractivity contribution is 7.99. The summed E-state index contributed by atoms with van der Waals surface area (Å²) in [5.74, 6) is 3.68. The highest BCUT2D eigenvalue weighted by Gasteiger charge is 2.27. The Balaban J connectivity index is 1.33. The lowest BCUT2D eigenvalue weighted by Crippen LogP contribution is -2.44. The average molecular weight is 282 g/mol. The van der Waals surface area contributed by atoms with Gasteiger partial charge in [-0.2, -0.15) is 11.8 Å². The largest absolute Gasteiger partial charge is 0.313 e. The van der Waals surface area contributed by atoms with Crippen molar-refractivity contribution in [2.45, 2.75) is 63.5 Å². The molecule has 3 rings (SSSR count). The molecule has 0 spiro atoms. The zero-order valence-corrected chi connectivity index (χ0v) is 13.1. The van der Waals surface area contributed by atoms with E-state index in [1.807, 2.05) is 0 Å². The van der Waals surface area contributed by atoms with E-state index < -0.39 is 0 Å². The minimum absolute atomic E-state index is 0.812. The first-order valence-electron chi connectivity index (χ1n) is 8.47. The third-order valence-electron chi connectivity index (χ3n) is 5.35. The number of hydrogen-bond donors (Lipinski definition) is 1. The van der Waals surface area contributed by atoms with Crippen molar-refractivity contribution in [3.8, 4) is 0 Å². The second-order valence-corrected chi connectivity index (χ2v) is 7.89. The molecule has 0 radical (unpaired) electrons. The topological polar surface area (TPSA) is 15.3 Å². The van der Waals surface area contributed by atoms with Crippen LogP contribution in [0, 0.1) is 5.92 Å². The van der Waals surface area contributed by atoms with Gasteiger partial charge in [0.1, 0.15) is 0 Å². The van der Waals surface area contributed by atoms with Gasteiger partial charge < -0.3 is 10.2 Å². The molecule has 2 saturated heterocycles. The summed E-state index contributed by atoms with van der Waals surface area (Å²) in [6.45, 7) is 4.02. The summed E-state index contributed by atoms with van der Waals surface area (Å²) in [6, 6.07) is 1.76. The van der Waals surface area contributed by atoms with Crippen LogP contribution in [0.15, 0.2) is 0 Å². The molecular formula is C16H30N2S. The number of nitrogens with zero attached hydrogens (tertiary/aromatic N) is 1. The van der Waals surface area contributed by atoms with Crippen molar-refractivity contribution in [3.05, 3.63) is 0 Å². The number of likely N-dealkylation sites (tertiary alicyclic amines) is 1. The van der Waals surface area contributed by atoms with Crippen molar-refractivity contribution in [1.29, 1.82) is 0 Å². The molecule has 110 valence electrons. The second kappa shape index (κ2) is 7.33. The van der Waals surface area contributed by atoms with Crippen LogP contribution in [0.5, 0.6) is 0 Å². The molecule has 0 bridgehead atoms. The number of thioether (sulfide) groups is 1. The van der Waals surface area contributed by atoms with Crippen LogP contribution in [0.3, 0.4) is 0 Å². The van der Waals surface area contributed by atoms with Crippen molar-refractivity contribution in [3.63, 3.8) is 0 Å². The first kappa shape index (κ1) is 14.2. The predicted octanol–water partition coefficient (Wildman–Crippen LogP) is 3.13. The van der Waals surface area contributed by atoms with Crippen LogP contribution in [-0.2, 0) is 0 Å². The molecule has 19 heavy (non-hydrogen) atoms. The van der Waals surface area contributed by atoms with Crippen molar-refractivity contribution in [2.24, 2.45) is 5.92 Å². The van der Waals surface area contributed by atoms with E-state index in [9.17, 15) is 0 Å². The lowest BCUT2D eigenvalue weighted by Gasteiger charge is -2.36. The maximum Gasteiger partial charge on any atom is 0.0158 e. The van der Waals surface area contributed by atoms with Gasteiger partial charge in [-0.1, -0.05) is 12.8 Å². The van der Waals surface area contributed by atoms with Gasteiger partial charge in [-0.3, -0.25) is 0 Å². The van der Waals surface area contributed by atoms with Crippen LogP contribution in [0.1, 0.15) is 51.4 Å². The first-order valence-corrected chi connectivity index (χ1v) is 9.62. The number of rotatable bonds is 4. The van der Waals surface area contributed by atoms with Gasteiger partial charge in [-0.05, 0) is 69.8 Å². The Morgan fingerprint density at radius 1 is 0.947 bits per heavy atom. The Labute approximate surface area is 123 Å². The molecule has 0 amide bonds. The third kappa shape index (κ3) is 4.12. The molecule has 3 heteroatoms. The first-order chi connectivity index (χ1) is 9.42. The molecule has 0 aromatic carbocycles. The van der Waals surface area contributed by atoms with E-state index in [4.69, 9.17) is 0 Å². The van der Waals surface area contributed by atoms with Crippen LogP contribution in [0.2, 0.25) is 0 Å². The highest BCUT2D eigenvalue weighted by atomic mass is 32.2. The van der Waals surface area contributed by atoms with E-state index >= 15 is 0 Å². The van der Waals surface area contributed by atoms with Gasteiger partial charge in [0, 0.05) is 17.8 Å². The molecule has 0 aromatic rings. The third-order valence-corrected chi connectivity index (χ3v) is 6.56. The average Bonchev–Trinajstić information content (AvgIpc) is 3.01. The second-order valence-electron chi connectivity index (χ2n) is 6.74. The minimum atomic E-state index is 0.812. The van der Waals surface area contributed by atoms with Gasteiger partial charge in [0.2, 0.25) is 0 Å². The zero-order valence-electron chi connectivity index (χ0n) is 12.3. The van der Waals surface area contributed by atoms with Gasteiger partial charge in [-0.25, -0.2) is 0 Å². The molecule has 2 nitrogen and oxygen atoms in total. The molecule has 1 aliphatic carbocycles. The monoisotopic (exact) mass is 282 g/mol.